The van der Waals surface area contributed by atoms with Crippen molar-refractivity contribution in [3.63, 3.8) is 0 Å². The maximum Gasteiger partial charge on any atom is 0.226 e. The molecule has 0 fully saturated rings. The standard InChI is InChI=1S/C20H20N2O3S3/c1-25-16-6-4-14(5-7-16)8-9-21-19(24)11-15-12-27-20(22-15)28-13-17(23)18-3-2-10-26-18/h2-7,10,12H,8-9,11,13H2,1H3,(H,21,24). The molecule has 1 N–H and O–H groups in total. The van der Waals surface area contributed by atoms with E-state index < -0.39 is 0 Å². The Morgan fingerprint density at radius 3 is 2.71 bits per heavy atom. The summed E-state index contributed by atoms with van der Waals surface area (Å²) in [6.45, 7) is 0.576. The first kappa shape index (κ1) is 20.6. The molecule has 0 atom stereocenters. The predicted octanol–water partition coefficient (Wildman–Crippen LogP) is 4.09. The van der Waals surface area contributed by atoms with Crippen molar-refractivity contribution in [3.05, 3.63) is 63.3 Å². The molecule has 1 aromatic carbocycles. The van der Waals surface area contributed by atoms with Crippen LogP contribution in [0.3, 0.4) is 0 Å². The molecule has 0 aliphatic heterocycles. The number of thiophene rings is 1. The Labute approximate surface area is 176 Å². The van der Waals surface area contributed by atoms with Gasteiger partial charge in [-0.15, -0.1) is 22.7 Å². The van der Waals surface area contributed by atoms with Gasteiger partial charge in [-0.2, -0.15) is 0 Å². The second kappa shape index (κ2) is 10.4. The van der Waals surface area contributed by atoms with Gasteiger partial charge in [-0.1, -0.05) is 30.0 Å². The molecule has 2 heterocycles. The highest BCUT2D eigenvalue weighted by Crippen LogP contribution is 2.24. The molecule has 0 spiro atoms. The van der Waals surface area contributed by atoms with Crippen molar-refractivity contribution in [3.8, 4) is 5.75 Å². The molecule has 8 heteroatoms. The monoisotopic (exact) mass is 432 g/mol. The third kappa shape index (κ3) is 6.19. The third-order valence-corrected chi connectivity index (χ3v) is 6.87. The average Bonchev–Trinajstić information content (AvgIpc) is 3.39. The Morgan fingerprint density at radius 1 is 1.18 bits per heavy atom. The van der Waals surface area contributed by atoms with E-state index in [2.05, 4.69) is 10.3 Å². The Kier molecular flexibility index (Phi) is 7.64. The number of methoxy groups -OCH3 is 1. The van der Waals surface area contributed by atoms with Crippen molar-refractivity contribution in [1.29, 1.82) is 0 Å². The number of ketones is 1. The molecule has 0 saturated carbocycles. The number of nitrogens with zero attached hydrogens (tertiary/aromatic N) is 1. The quantitative estimate of drug-likeness (QED) is 0.386. The summed E-state index contributed by atoms with van der Waals surface area (Å²) in [4.78, 5) is 29.3. The molecule has 0 aliphatic rings. The molecule has 1 amide bonds. The molecule has 0 bridgehead atoms. The minimum absolute atomic E-state index is 0.0509. The number of thiazole rings is 1. The minimum Gasteiger partial charge on any atom is -0.497 e. The Bertz CT molecular complexity index is 905. The SMILES string of the molecule is COc1ccc(CCNC(=O)Cc2csc(SCC(=O)c3cccs3)n2)cc1. The van der Waals surface area contributed by atoms with Crippen molar-refractivity contribution in [2.45, 2.75) is 17.2 Å². The molecular weight excluding hydrogens is 412 g/mol. The van der Waals surface area contributed by atoms with Gasteiger partial charge in [0.05, 0.1) is 29.9 Å². The van der Waals surface area contributed by atoms with Gasteiger partial charge >= 0.3 is 0 Å². The highest BCUT2D eigenvalue weighted by molar-refractivity contribution is 8.01. The molecule has 0 radical (unpaired) electrons. The van der Waals surface area contributed by atoms with E-state index in [9.17, 15) is 9.59 Å². The van der Waals surface area contributed by atoms with E-state index in [1.807, 2.05) is 47.2 Å². The van der Waals surface area contributed by atoms with Crippen LogP contribution < -0.4 is 10.1 Å². The summed E-state index contributed by atoms with van der Waals surface area (Å²) in [6.07, 6.45) is 1.01. The fourth-order valence-electron chi connectivity index (χ4n) is 2.44. The average molecular weight is 433 g/mol. The normalized spacial score (nSPS) is 10.6. The summed E-state index contributed by atoms with van der Waals surface area (Å²) in [5.74, 6) is 1.24. The van der Waals surface area contributed by atoms with Gasteiger partial charge in [0.1, 0.15) is 5.75 Å². The largest absolute Gasteiger partial charge is 0.497 e. The van der Waals surface area contributed by atoms with Crippen LogP contribution in [-0.2, 0) is 17.6 Å². The highest BCUT2D eigenvalue weighted by atomic mass is 32.2. The van der Waals surface area contributed by atoms with Crippen molar-refractivity contribution >= 4 is 46.1 Å². The Morgan fingerprint density at radius 2 is 2.00 bits per heavy atom. The second-order valence-corrected chi connectivity index (χ2v) is 8.95. The van der Waals surface area contributed by atoms with E-state index in [4.69, 9.17) is 4.74 Å². The van der Waals surface area contributed by atoms with Crippen LogP contribution in [0.4, 0.5) is 0 Å². The summed E-state index contributed by atoms with van der Waals surface area (Å²) < 4.78 is 5.94. The summed E-state index contributed by atoms with van der Waals surface area (Å²) in [6, 6.07) is 11.5. The number of hydrogen-bond acceptors (Lipinski definition) is 7. The molecule has 3 aromatic rings. The van der Waals surface area contributed by atoms with Crippen molar-refractivity contribution in [1.82, 2.24) is 10.3 Å². The number of carbonyl (C=O) groups is 2. The third-order valence-electron chi connectivity index (χ3n) is 3.89. The van der Waals surface area contributed by atoms with Gasteiger partial charge in [0, 0.05) is 11.9 Å². The number of Topliss-reactive ketones (excluding diaryl/α,β-unsaturated/α-hetero) is 1. The first-order valence-electron chi connectivity index (χ1n) is 8.67. The zero-order valence-electron chi connectivity index (χ0n) is 15.3. The fraction of sp³-hybridized carbons (Fsp3) is 0.250. The van der Waals surface area contributed by atoms with E-state index in [1.54, 1.807) is 7.11 Å². The molecular formula is C20H20N2O3S3. The lowest BCUT2D eigenvalue weighted by Crippen LogP contribution is -2.27. The zero-order valence-corrected chi connectivity index (χ0v) is 17.8. The van der Waals surface area contributed by atoms with E-state index >= 15 is 0 Å². The van der Waals surface area contributed by atoms with E-state index in [-0.39, 0.29) is 18.1 Å². The summed E-state index contributed by atoms with van der Waals surface area (Å²) in [5, 5.41) is 6.69. The second-order valence-electron chi connectivity index (χ2n) is 5.92. The molecule has 2 aromatic heterocycles. The lowest BCUT2D eigenvalue weighted by molar-refractivity contribution is -0.120. The molecule has 0 saturated heterocycles. The van der Waals surface area contributed by atoms with E-state index in [0.29, 0.717) is 12.3 Å². The lowest BCUT2D eigenvalue weighted by atomic mass is 10.1. The van der Waals surface area contributed by atoms with Gasteiger partial charge < -0.3 is 10.1 Å². The van der Waals surface area contributed by atoms with Crippen LogP contribution in [0.1, 0.15) is 20.9 Å². The fourth-order valence-corrected chi connectivity index (χ4v) is 4.92. The minimum atomic E-state index is -0.0509. The van der Waals surface area contributed by atoms with Crippen LogP contribution in [0, 0.1) is 0 Å². The Hall–Kier alpha value is -2.16. The van der Waals surface area contributed by atoms with Crippen molar-refractivity contribution in [2.24, 2.45) is 0 Å². The van der Waals surface area contributed by atoms with Crippen LogP contribution in [0.25, 0.3) is 0 Å². The van der Waals surface area contributed by atoms with Crippen molar-refractivity contribution in [2.75, 3.05) is 19.4 Å². The van der Waals surface area contributed by atoms with Gasteiger partial charge in [0.25, 0.3) is 0 Å². The summed E-state index contributed by atoms with van der Waals surface area (Å²) in [5.41, 5.74) is 1.88. The number of benzene rings is 1. The van der Waals surface area contributed by atoms with Crippen LogP contribution in [0.5, 0.6) is 5.75 Å². The molecule has 3 rings (SSSR count). The molecule has 146 valence electrons. The molecule has 0 unspecified atom stereocenters. The maximum absolute atomic E-state index is 12.1. The highest BCUT2D eigenvalue weighted by Gasteiger charge is 2.11. The smallest absolute Gasteiger partial charge is 0.226 e. The van der Waals surface area contributed by atoms with E-state index in [0.717, 1.165) is 32.6 Å². The topological polar surface area (TPSA) is 68.3 Å². The number of aromatic nitrogens is 1. The number of thioether (sulfide) groups is 1. The van der Waals surface area contributed by atoms with Gasteiger partial charge in [-0.25, -0.2) is 4.98 Å². The Balaban J connectivity index is 1.39. The van der Waals surface area contributed by atoms with Crippen molar-refractivity contribution < 1.29 is 14.3 Å². The van der Waals surface area contributed by atoms with Crippen LogP contribution in [0.15, 0.2) is 51.5 Å². The summed E-state index contributed by atoms with van der Waals surface area (Å²) in [7, 11) is 1.64. The lowest BCUT2D eigenvalue weighted by Gasteiger charge is -2.05. The van der Waals surface area contributed by atoms with Gasteiger partial charge in [0.15, 0.2) is 10.1 Å². The van der Waals surface area contributed by atoms with Gasteiger partial charge in [-0.05, 0) is 35.6 Å². The molecule has 0 aliphatic carbocycles. The number of carbonyl (C=O) groups excluding carboxylic acids is 2. The van der Waals surface area contributed by atoms with Gasteiger partial charge in [-0.3, -0.25) is 9.59 Å². The van der Waals surface area contributed by atoms with Crippen LogP contribution >= 0.6 is 34.4 Å². The first-order chi connectivity index (χ1) is 13.6. The molecule has 5 nitrogen and oxygen atoms in total. The molecule has 28 heavy (non-hydrogen) atoms. The number of amides is 1. The van der Waals surface area contributed by atoms with Crippen LogP contribution in [0.2, 0.25) is 0 Å². The summed E-state index contributed by atoms with van der Waals surface area (Å²) >= 11 is 4.33. The van der Waals surface area contributed by atoms with E-state index in [1.165, 1.54) is 34.4 Å². The maximum atomic E-state index is 12.1. The zero-order chi connectivity index (χ0) is 19.8. The van der Waals surface area contributed by atoms with Crippen LogP contribution in [-0.4, -0.2) is 36.1 Å². The number of hydrogen-bond donors (Lipinski definition) is 1. The predicted molar refractivity (Wildman–Crippen MR) is 115 cm³/mol. The number of ether oxygens (including phenoxy) is 1. The number of rotatable bonds is 10. The van der Waals surface area contributed by atoms with Gasteiger partial charge in [0.2, 0.25) is 5.91 Å². The number of nitrogens with one attached hydrogen (secondary N) is 1. The first-order valence-corrected chi connectivity index (χ1v) is 11.4.